The lowest BCUT2D eigenvalue weighted by atomic mass is 10.1. The maximum absolute atomic E-state index is 13.3. The standard InChI is InChI=1S/C24H25N3O4/c1-4-11-26(15-18-7-5-17(14-25)6-8-18)24(29)19-12-23(28)27(16-19)21-13-20(30-2)9-10-22(21)31-3/h4-10,13,19H,1,11-12,15-16H2,2-3H3. The molecule has 1 aliphatic heterocycles. The Bertz CT molecular complexity index is 1010. The van der Waals surface area contributed by atoms with Gasteiger partial charge in [-0.15, -0.1) is 6.58 Å². The summed E-state index contributed by atoms with van der Waals surface area (Å²) in [4.78, 5) is 29.3. The number of benzene rings is 2. The van der Waals surface area contributed by atoms with E-state index in [1.54, 1.807) is 53.3 Å². The molecule has 0 radical (unpaired) electrons. The highest BCUT2D eigenvalue weighted by atomic mass is 16.5. The van der Waals surface area contributed by atoms with Crippen LogP contribution in [0, 0.1) is 17.2 Å². The van der Waals surface area contributed by atoms with Gasteiger partial charge in [-0.1, -0.05) is 18.2 Å². The number of carbonyl (C=O) groups is 2. The van der Waals surface area contributed by atoms with Gasteiger partial charge in [0.1, 0.15) is 11.5 Å². The van der Waals surface area contributed by atoms with Gasteiger partial charge in [0.2, 0.25) is 11.8 Å². The highest BCUT2D eigenvalue weighted by Crippen LogP contribution is 2.36. The van der Waals surface area contributed by atoms with Crippen LogP contribution in [-0.4, -0.2) is 44.0 Å². The molecule has 1 atom stereocenters. The van der Waals surface area contributed by atoms with Gasteiger partial charge in [-0.2, -0.15) is 5.26 Å². The minimum Gasteiger partial charge on any atom is -0.497 e. The van der Waals surface area contributed by atoms with E-state index in [1.165, 1.54) is 7.11 Å². The molecule has 1 saturated heterocycles. The summed E-state index contributed by atoms with van der Waals surface area (Å²) < 4.78 is 10.7. The van der Waals surface area contributed by atoms with Crippen LogP contribution in [0.1, 0.15) is 17.5 Å². The van der Waals surface area contributed by atoms with Crippen molar-refractivity contribution in [3.05, 3.63) is 66.2 Å². The Morgan fingerprint density at radius 3 is 2.61 bits per heavy atom. The minimum absolute atomic E-state index is 0.109. The Hall–Kier alpha value is -3.79. The Labute approximate surface area is 182 Å². The van der Waals surface area contributed by atoms with Crippen LogP contribution in [0.4, 0.5) is 5.69 Å². The van der Waals surface area contributed by atoms with Gasteiger partial charge in [-0.05, 0) is 29.8 Å². The van der Waals surface area contributed by atoms with Crippen LogP contribution in [0.2, 0.25) is 0 Å². The molecular weight excluding hydrogens is 394 g/mol. The molecular formula is C24H25N3O4. The van der Waals surface area contributed by atoms with Crippen molar-refractivity contribution in [2.75, 3.05) is 32.2 Å². The molecule has 7 heteroatoms. The monoisotopic (exact) mass is 419 g/mol. The molecule has 1 aliphatic rings. The fourth-order valence-corrected chi connectivity index (χ4v) is 3.67. The number of rotatable bonds is 8. The second kappa shape index (κ2) is 9.81. The molecule has 1 unspecified atom stereocenters. The van der Waals surface area contributed by atoms with Gasteiger partial charge in [-0.25, -0.2) is 0 Å². The summed E-state index contributed by atoms with van der Waals surface area (Å²) in [6.07, 6.45) is 1.79. The zero-order valence-electron chi connectivity index (χ0n) is 17.7. The molecule has 1 heterocycles. The second-order valence-corrected chi connectivity index (χ2v) is 7.26. The second-order valence-electron chi connectivity index (χ2n) is 7.26. The lowest BCUT2D eigenvalue weighted by Crippen LogP contribution is -2.37. The van der Waals surface area contributed by atoms with Gasteiger partial charge in [0.05, 0.1) is 37.5 Å². The molecule has 0 aromatic heterocycles. The molecule has 3 rings (SSSR count). The van der Waals surface area contributed by atoms with E-state index in [-0.39, 0.29) is 24.8 Å². The van der Waals surface area contributed by atoms with Crippen LogP contribution in [0.5, 0.6) is 11.5 Å². The number of anilines is 1. The summed E-state index contributed by atoms with van der Waals surface area (Å²) in [6, 6.07) is 14.4. The topological polar surface area (TPSA) is 82.9 Å². The molecule has 0 bridgehead atoms. The maximum Gasteiger partial charge on any atom is 0.228 e. The summed E-state index contributed by atoms with van der Waals surface area (Å²) >= 11 is 0. The van der Waals surface area contributed by atoms with Crippen molar-refractivity contribution >= 4 is 17.5 Å². The Kier molecular flexibility index (Phi) is 6.93. The zero-order chi connectivity index (χ0) is 22.4. The lowest BCUT2D eigenvalue weighted by Gasteiger charge is -2.25. The van der Waals surface area contributed by atoms with Crippen molar-refractivity contribution in [1.82, 2.24) is 4.90 Å². The molecule has 0 spiro atoms. The van der Waals surface area contributed by atoms with Crippen LogP contribution in [0.3, 0.4) is 0 Å². The highest BCUT2D eigenvalue weighted by molar-refractivity contribution is 6.01. The van der Waals surface area contributed by atoms with Crippen LogP contribution in [0.25, 0.3) is 0 Å². The number of nitrogens with zero attached hydrogens (tertiary/aromatic N) is 3. The fourth-order valence-electron chi connectivity index (χ4n) is 3.67. The summed E-state index contributed by atoms with van der Waals surface area (Å²) in [5, 5.41) is 8.96. The molecule has 0 N–H and O–H groups in total. The molecule has 7 nitrogen and oxygen atoms in total. The first-order valence-corrected chi connectivity index (χ1v) is 9.91. The van der Waals surface area contributed by atoms with Gasteiger partial charge >= 0.3 is 0 Å². The summed E-state index contributed by atoms with van der Waals surface area (Å²) in [5.74, 6) is 0.431. The lowest BCUT2D eigenvalue weighted by molar-refractivity contribution is -0.135. The van der Waals surface area contributed by atoms with Gasteiger partial charge in [-0.3, -0.25) is 9.59 Å². The summed E-state index contributed by atoms with van der Waals surface area (Å²) in [7, 11) is 3.10. The third-order valence-electron chi connectivity index (χ3n) is 5.27. The Morgan fingerprint density at radius 1 is 1.26 bits per heavy atom. The van der Waals surface area contributed by atoms with E-state index < -0.39 is 5.92 Å². The predicted octanol–water partition coefficient (Wildman–Crippen LogP) is 3.14. The summed E-state index contributed by atoms with van der Waals surface area (Å²) in [6.45, 7) is 4.76. The molecule has 1 fully saturated rings. The third-order valence-corrected chi connectivity index (χ3v) is 5.27. The molecule has 2 aromatic rings. The smallest absolute Gasteiger partial charge is 0.228 e. The third kappa shape index (κ3) is 4.86. The van der Waals surface area contributed by atoms with Crippen molar-refractivity contribution in [3.63, 3.8) is 0 Å². The zero-order valence-corrected chi connectivity index (χ0v) is 17.7. The van der Waals surface area contributed by atoms with Gasteiger partial charge in [0.15, 0.2) is 0 Å². The van der Waals surface area contributed by atoms with Gasteiger partial charge in [0, 0.05) is 32.1 Å². The van der Waals surface area contributed by atoms with E-state index in [9.17, 15) is 9.59 Å². The first-order valence-electron chi connectivity index (χ1n) is 9.91. The SMILES string of the molecule is C=CCN(Cc1ccc(C#N)cc1)C(=O)C1CC(=O)N(c2cc(OC)ccc2OC)C1. The number of ether oxygens (including phenoxy) is 2. The molecule has 2 aromatic carbocycles. The van der Waals surface area contributed by atoms with E-state index in [4.69, 9.17) is 14.7 Å². The number of hydrogen-bond acceptors (Lipinski definition) is 5. The number of carbonyl (C=O) groups excluding carboxylic acids is 2. The van der Waals surface area contributed by atoms with Crippen molar-refractivity contribution in [1.29, 1.82) is 5.26 Å². The van der Waals surface area contributed by atoms with Crippen molar-refractivity contribution in [2.24, 2.45) is 5.92 Å². The first kappa shape index (κ1) is 21.9. The van der Waals surface area contributed by atoms with Crippen LogP contribution >= 0.6 is 0 Å². The van der Waals surface area contributed by atoms with E-state index in [0.29, 0.717) is 35.8 Å². The molecule has 0 aliphatic carbocycles. The van der Waals surface area contributed by atoms with Crippen LogP contribution in [-0.2, 0) is 16.1 Å². The van der Waals surface area contributed by atoms with E-state index in [2.05, 4.69) is 12.6 Å². The Balaban J connectivity index is 1.78. The van der Waals surface area contributed by atoms with Crippen molar-refractivity contribution < 1.29 is 19.1 Å². The van der Waals surface area contributed by atoms with E-state index >= 15 is 0 Å². The van der Waals surface area contributed by atoms with Gasteiger partial charge < -0.3 is 19.3 Å². The quantitative estimate of drug-likeness (QED) is 0.614. The first-order chi connectivity index (χ1) is 15.0. The predicted molar refractivity (Wildman–Crippen MR) is 117 cm³/mol. The molecule has 0 saturated carbocycles. The molecule has 2 amide bonds. The van der Waals surface area contributed by atoms with Crippen molar-refractivity contribution in [2.45, 2.75) is 13.0 Å². The normalized spacial score (nSPS) is 15.3. The fraction of sp³-hybridized carbons (Fsp3) is 0.292. The maximum atomic E-state index is 13.3. The van der Waals surface area contributed by atoms with Crippen LogP contribution in [0.15, 0.2) is 55.1 Å². The number of methoxy groups -OCH3 is 2. The number of amides is 2. The summed E-state index contributed by atoms with van der Waals surface area (Å²) in [5.41, 5.74) is 2.06. The molecule has 160 valence electrons. The highest BCUT2D eigenvalue weighted by Gasteiger charge is 2.38. The minimum atomic E-state index is -0.471. The number of hydrogen-bond donors (Lipinski definition) is 0. The average Bonchev–Trinajstić information content (AvgIpc) is 3.19. The largest absolute Gasteiger partial charge is 0.497 e. The van der Waals surface area contributed by atoms with Crippen LogP contribution < -0.4 is 14.4 Å². The van der Waals surface area contributed by atoms with Crippen molar-refractivity contribution in [3.8, 4) is 17.6 Å². The van der Waals surface area contributed by atoms with E-state index in [0.717, 1.165) is 5.56 Å². The van der Waals surface area contributed by atoms with Gasteiger partial charge in [0.25, 0.3) is 0 Å². The van der Waals surface area contributed by atoms with E-state index in [1.807, 2.05) is 12.1 Å². The number of nitriles is 1. The average molecular weight is 419 g/mol. The Morgan fingerprint density at radius 2 is 2.00 bits per heavy atom. The molecule has 31 heavy (non-hydrogen) atoms.